The lowest BCUT2D eigenvalue weighted by Crippen LogP contribution is -2.24. The van der Waals surface area contributed by atoms with Gasteiger partial charge in [0.15, 0.2) is 0 Å². The molecular formula is C13H13FN2O. The van der Waals surface area contributed by atoms with Crippen LogP contribution in [-0.2, 0) is 11.2 Å². The second-order valence-electron chi connectivity index (χ2n) is 3.75. The van der Waals surface area contributed by atoms with Crippen LogP contribution in [0.15, 0.2) is 37.1 Å². The zero-order valence-corrected chi connectivity index (χ0v) is 9.29. The highest BCUT2D eigenvalue weighted by Crippen LogP contribution is 2.20. The molecule has 1 heterocycles. The molecule has 1 aromatic carbocycles. The van der Waals surface area contributed by atoms with E-state index < -0.39 is 0 Å². The van der Waals surface area contributed by atoms with E-state index in [1.807, 2.05) is 0 Å². The van der Waals surface area contributed by atoms with Gasteiger partial charge in [0, 0.05) is 18.1 Å². The summed E-state index contributed by atoms with van der Waals surface area (Å²) in [4.78, 5) is 14.4. The first-order valence-electron chi connectivity index (χ1n) is 5.34. The van der Waals surface area contributed by atoms with Crippen LogP contribution in [0.4, 0.5) is 4.39 Å². The minimum Gasteiger partial charge on any atom is -0.359 e. The second-order valence-corrected chi connectivity index (χ2v) is 3.75. The van der Waals surface area contributed by atoms with E-state index in [4.69, 9.17) is 0 Å². The SMILES string of the molecule is C=CCNC(=O)Cc1c[nH]c2c(F)cccc12. The average Bonchev–Trinajstić information content (AvgIpc) is 2.71. The molecule has 17 heavy (non-hydrogen) atoms. The molecule has 0 radical (unpaired) electrons. The number of hydrogen-bond acceptors (Lipinski definition) is 1. The predicted molar refractivity (Wildman–Crippen MR) is 65.2 cm³/mol. The molecular weight excluding hydrogens is 219 g/mol. The zero-order valence-electron chi connectivity index (χ0n) is 9.29. The van der Waals surface area contributed by atoms with Crippen LogP contribution in [-0.4, -0.2) is 17.4 Å². The normalized spacial score (nSPS) is 10.4. The van der Waals surface area contributed by atoms with Gasteiger partial charge in [-0.15, -0.1) is 6.58 Å². The summed E-state index contributed by atoms with van der Waals surface area (Å²) < 4.78 is 13.4. The van der Waals surface area contributed by atoms with E-state index >= 15 is 0 Å². The topological polar surface area (TPSA) is 44.9 Å². The molecule has 0 aliphatic rings. The molecule has 0 saturated carbocycles. The van der Waals surface area contributed by atoms with Gasteiger partial charge in [0.05, 0.1) is 11.9 Å². The van der Waals surface area contributed by atoms with Crippen LogP contribution < -0.4 is 5.32 Å². The minimum absolute atomic E-state index is 0.102. The van der Waals surface area contributed by atoms with Crippen LogP contribution in [0.1, 0.15) is 5.56 Å². The number of H-pyrrole nitrogens is 1. The van der Waals surface area contributed by atoms with Gasteiger partial charge in [-0.05, 0) is 11.6 Å². The lowest BCUT2D eigenvalue weighted by molar-refractivity contribution is -0.120. The largest absolute Gasteiger partial charge is 0.359 e. The first-order valence-corrected chi connectivity index (χ1v) is 5.34. The number of fused-ring (bicyclic) bond motifs is 1. The van der Waals surface area contributed by atoms with Crippen LogP contribution in [0, 0.1) is 5.82 Å². The van der Waals surface area contributed by atoms with Crippen LogP contribution >= 0.6 is 0 Å². The van der Waals surface area contributed by atoms with Crippen molar-refractivity contribution in [2.24, 2.45) is 0 Å². The third-order valence-electron chi connectivity index (χ3n) is 2.54. The van der Waals surface area contributed by atoms with Crippen molar-refractivity contribution in [1.82, 2.24) is 10.3 Å². The summed E-state index contributed by atoms with van der Waals surface area (Å²) in [5, 5.41) is 3.43. The number of benzene rings is 1. The van der Waals surface area contributed by atoms with Gasteiger partial charge in [0.1, 0.15) is 5.82 Å². The first-order chi connectivity index (χ1) is 8.22. The Bertz CT molecular complexity index is 560. The fourth-order valence-corrected chi connectivity index (χ4v) is 1.74. The van der Waals surface area contributed by atoms with Crippen molar-refractivity contribution in [3.63, 3.8) is 0 Å². The van der Waals surface area contributed by atoms with Gasteiger partial charge in [-0.3, -0.25) is 4.79 Å². The number of rotatable bonds is 4. The molecule has 2 N–H and O–H groups in total. The number of para-hydroxylation sites is 1. The molecule has 88 valence electrons. The Balaban J connectivity index is 2.22. The summed E-state index contributed by atoms with van der Waals surface area (Å²) in [7, 11) is 0. The van der Waals surface area contributed by atoms with Crippen molar-refractivity contribution < 1.29 is 9.18 Å². The number of nitrogens with one attached hydrogen (secondary N) is 2. The molecule has 0 spiro atoms. The van der Waals surface area contributed by atoms with Gasteiger partial charge < -0.3 is 10.3 Å². The van der Waals surface area contributed by atoms with Crippen molar-refractivity contribution in [1.29, 1.82) is 0 Å². The zero-order chi connectivity index (χ0) is 12.3. The highest BCUT2D eigenvalue weighted by molar-refractivity contribution is 5.89. The maximum atomic E-state index is 13.4. The Morgan fingerprint density at radius 3 is 3.12 bits per heavy atom. The van der Waals surface area contributed by atoms with E-state index in [9.17, 15) is 9.18 Å². The molecule has 1 aromatic heterocycles. The summed E-state index contributed by atoms with van der Waals surface area (Å²) in [5.74, 6) is -0.407. The Hall–Kier alpha value is -2.10. The van der Waals surface area contributed by atoms with Gasteiger partial charge in [0.25, 0.3) is 0 Å². The van der Waals surface area contributed by atoms with E-state index in [1.54, 1.807) is 24.4 Å². The number of hydrogen-bond donors (Lipinski definition) is 2. The van der Waals surface area contributed by atoms with E-state index in [0.29, 0.717) is 12.1 Å². The fraction of sp³-hybridized carbons (Fsp3) is 0.154. The molecule has 0 atom stereocenters. The number of aromatic nitrogens is 1. The maximum Gasteiger partial charge on any atom is 0.224 e. The van der Waals surface area contributed by atoms with Crippen molar-refractivity contribution >= 4 is 16.8 Å². The van der Waals surface area contributed by atoms with E-state index in [1.165, 1.54) is 6.07 Å². The van der Waals surface area contributed by atoms with E-state index in [-0.39, 0.29) is 18.1 Å². The lowest BCUT2D eigenvalue weighted by Gasteiger charge is -2.01. The average molecular weight is 232 g/mol. The molecule has 0 fully saturated rings. The molecule has 3 nitrogen and oxygen atoms in total. The Morgan fingerprint density at radius 1 is 1.53 bits per heavy atom. The number of aromatic amines is 1. The third kappa shape index (κ3) is 2.36. The number of carbonyl (C=O) groups excluding carboxylic acids is 1. The number of carbonyl (C=O) groups is 1. The van der Waals surface area contributed by atoms with Crippen LogP contribution in [0.2, 0.25) is 0 Å². The molecule has 0 bridgehead atoms. The first kappa shape index (κ1) is 11.4. The molecule has 2 rings (SSSR count). The van der Waals surface area contributed by atoms with E-state index in [2.05, 4.69) is 16.9 Å². The quantitative estimate of drug-likeness (QED) is 0.779. The minimum atomic E-state index is -0.305. The van der Waals surface area contributed by atoms with Gasteiger partial charge in [0.2, 0.25) is 5.91 Å². The monoisotopic (exact) mass is 232 g/mol. The summed E-state index contributed by atoms with van der Waals surface area (Å²) >= 11 is 0. The Morgan fingerprint density at radius 2 is 2.35 bits per heavy atom. The van der Waals surface area contributed by atoms with Gasteiger partial charge in [-0.2, -0.15) is 0 Å². The standard InChI is InChI=1S/C13H13FN2O/c1-2-6-15-12(17)7-9-8-16-13-10(9)4-3-5-11(13)14/h2-5,8,16H,1,6-7H2,(H,15,17). The highest BCUT2D eigenvalue weighted by atomic mass is 19.1. The smallest absolute Gasteiger partial charge is 0.224 e. The van der Waals surface area contributed by atoms with Crippen molar-refractivity contribution in [3.05, 3.63) is 48.4 Å². The van der Waals surface area contributed by atoms with Crippen LogP contribution in [0.3, 0.4) is 0 Å². The van der Waals surface area contributed by atoms with Crippen molar-refractivity contribution in [2.75, 3.05) is 6.54 Å². The lowest BCUT2D eigenvalue weighted by atomic mass is 10.1. The molecule has 2 aromatic rings. The second kappa shape index (κ2) is 4.82. The number of amides is 1. The van der Waals surface area contributed by atoms with Gasteiger partial charge >= 0.3 is 0 Å². The fourth-order valence-electron chi connectivity index (χ4n) is 1.74. The Labute approximate surface area is 98.3 Å². The van der Waals surface area contributed by atoms with Crippen molar-refractivity contribution in [2.45, 2.75) is 6.42 Å². The third-order valence-corrected chi connectivity index (χ3v) is 2.54. The maximum absolute atomic E-state index is 13.4. The van der Waals surface area contributed by atoms with E-state index in [0.717, 1.165) is 10.9 Å². The molecule has 0 aliphatic heterocycles. The Kier molecular flexibility index (Phi) is 3.23. The van der Waals surface area contributed by atoms with Crippen LogP contribution in [0.25, 0.3) is 10.9 Å². The van der Waals surface area contributed by atoms with Gasteiger partial charge in [-0.1, -0.05) is 18.2 Å². The summed E-state index contributed by atoms with van der Waals surface area (Å²) in [6.45, 7) is 3.96. The number of halogens is 1. The molecule has 1 amide bonds. The molecule has 4 heteroatoms. The summed E-state index contributed by atoms with van der Waals surface area (Å²) in [6.07, 6.45) is 3.52. The predicted octanol–water partition coefficient (Wildman–Crippen LogP) is 2.15. The summed E-state index contributed by atoms with van der Waals surface area (Å²) in [5.41, 5.74) is 1.24. The molecule has 0 aliphatic carbocycles. The molecule has 0 unspecified atom stereocenters. The molecule has 0 saturated heterocycles. The highest BCUT2D eigenvalue weighted by Gasteiger charge is 2.10. The van der Waals surface area contributed by atoms with Crippen LogP contribution in [0.5, 0.6) is 0 Å². The van der Waals surface area contributed by atoms with Gasteiger partial charge in [-0.25, -0.2) is 4.39 Å². The van der Waals surface area contributed by atoms with Crippen molar-refractivity contribution in [3.8, 4) is 0 Å². The summed E-state index contributed by atoms with van der Waals surface area (Å²) in [6, 6.07) is 4.82.